The summed E-state index contributed by atoms with van der Waals surface area (Å²) in [6.45, 7) is 1.97. The minimum atomic E-state index is -0.296. The topological polar surface area (TPSA) is 82.7 Å². The molecule has 3 N–H and O–H groups in total. The van der Waals surface area contributed by atoms with Gasteiger partial charge >= 0.3 is 6.03 Å². The van der Waals surface area contributed by atoms with Crippen molar-refractivity contribution in [3.8, 4) is 11.4 Å². The van der Waals surface area contributed by atoms with Gasteiger partial charge in [0.2, 0.25) is 0 Å². The number of nitrogens with one attached hydrogen (secondary N) is 3. The van der Waals surface area contributed by atoms with Crippen LogP contribution in [0.25, 0.3) is 22.6 Å². The summed E-state index contributed by atoms with van der Waals surface area (Å²) in [4.78, 5) is 23.3. The number of aromatic amines is 1. The van der Waals surface area contributed by atoms with Crippen molar-refractivity contribution < 1.29 is 4.79 Å². The molecular formula is C15H14ClN5O. The zero-order chi connectivity index (χ0) is 15.7. The van der Waals surface area contributed by atoms with Gasteiger partial charge in [-0.15, -0.1) is 0 Å². The predicted octanol–water partition coefficient (Wildman–Crippen LogP) is 3.34. The average Bonchev–Trinajstić information content (AvgIpc) is 2.91. The van der Waals surface area contributed by atoms with E-state index >= 15 is 0 Å². The Morgan fingerprint density at radius 1 is 1.32 bits per heavy atom. The highest BCUT2D eigenvalue weighted by atomic mass is 35.5. The Balaban J connectivity index is 2.04. The average molecular weight is 316 g/mol. The number of H-pyrrole nitrogens is 1. The first kappa shape index (κ1) is 14.3. The molecule has 1 aromatic carbocycles. The van der Waals surface area contributed by atoms with Crippen LogP contribution in [0.1, 0.15) is 5.56 Å². The maximum atomic E-state index is 11.4. The summed E-state index contributed by atoms with van der Waals surface area (Å²) in [5.41, 5.74) is 3.84. The lowest BCUT2D eigenvalue weighted by molar-refractivity contribution is 0.254. The number of hydrogen-bond acceptors (Lipinski definition) is 3. The van der Waals surface area contributed by atoms with E-state index < -0.39 is 0 Å². The number of hydrogen-bond donors (Lipinski definition) is 3. The van der Waals surface area contributed by atoms with E-state index in [1.54, 1.807) is 31.4 Å². The Hall–Kier alpha value is -2.60. The molecule has 0 bridgehead atoms. The second kappa shape index (κ2) is 5.65. The van der Waals surface area contributed by atoms with Crippen molar-refractivity contribution in [1.82, 2.24) is 20.3 Å². The van der Waals surface area contributed by atoms with Gasteiger partial charge in [0.25, 0.3) is 0 Å². The monoisotopic (exact) mass is 315 g/mol. The Labute approximate surface area is 131 Å². The molecule has 0 spiro atoms. The van der Waals surface area contributed by atoms with E-state index in [4.69, 9.17) is 11.6 Å². The number of urea groups is 1. The number of fused-ring (bicyclic) bond motifs is 1. The molecule has 3 rings (SSSR count). The fraction of sp³-hybridized carbons (Fsp3) is 0.133. The van der Waals surface area contributed by atoms with Crippen molar-refractivity contribution in [2.45, 2.75) is 6.92 Å². The van der Waals surface area contributed by atoms with E-state index in [2.05, 4.69) is 25.6 Å². The molecule has 0 fully saturated rings. The summed E-state index contributed by atoms with van der Waals surface area (Å²) in [6, 6.07) is 6.89. The normalized spacial score (nSPS) is 10.7. The van der Waals surface area contributed by atoms with Crippen molar-refractivity contribution >= 4 is 34.5 Å². The van der Waals surface area contributed by atoms with Crippen LogP contribution >= 0.6 is 11.6 Å². The molecule has 22 heavy (non-hydrogen) atoms. The van der Waals surface area contributed by atoms with Crippen LogP contribution in [0.5, 0.6) is 0 Å². The lowest BCUT2D eigenvalue weighted by Crippen LogP contribution is -2.24. The summed E-state index contributed by atoms with van der Waals surface area (Å²) in [5.74, 6) is 0.610. The third-order valence-electron chi connectivity index (χ3n) is 3.18. The first-order valence-electron chi connectivity index (χ1n) is 6.68. The van der Waals surface area contributed by atoms with E-state index in [0.717, 1.165) is 11.1 Å². The molecule has 0 atom stereocenters. The standard InChI is InChI=1S/C15H14ClN5O/c1-8-5-12-14(18-7-8)21-13(20-12)10-6-9(3-4-11(10)16)19-15(22)17-2/h3-7H,1-2H3,(H2,17,19,22)(H,18,20,21). The Bertz CT molecular complexity index is 858. The van der Waals surface area contributed by atoms with Crippen molar-refractivity contribution in [1.29, 1.82) is 0 Å². The molecule has 6 nitrogen and oxygen atoms in total. The first-order chi connectivity index (χ1) is 10.6. The van der Waals surface area contributed by atoms with Gasteiger partial charge in [0.1, 0.15) is 5.82 Å². The molecular weight excluding hydrogens is 302 g/mol. The van der Waals surface area contributed by atoms with E-state index in [-0.39, 0.29) is 6.03 Å². The third-order valence-corrected chi connectivity index (χ3v) is 3.51. The van der Waals surface area contributed by atoms with Gasteiger partial charge in [0, 0.05) is 24.5 Å². The lowest BCUT2D eigenvalue weighted by Gasteiger charge is -2.07. The highest BCUT2D eigenvalue weighted by Gasteiger charge is 2.11. The maximum absolute atomic E-state index is 11.4. The van der Waals surface area contributed by atoms with Gasteiger partial charge in [-0.2, -0.15) is 0 Å². The molecule has 0 saturated heterocycles. The smallest absolute Gasteiger partial charge is 0.318 e. The number of rotatable bonds is 2. The number of aromatic nitrogens is 3. The highest BCUT2D eigenvalue weighted by molar-refractivity contribution is 6.33. The zero-order valence-corrected chi connectivity index (χ0v) is 12.8. The van der Waals surface area contributed by atoms with Crippen LogP contribution in [0.2, 0.25) is 5.02 Å². The Morgan fingerprint density at radius 3 is 2.91 bits per heavy atom. The number of anilines is 1. The van der Waals surface area contributed by atoms with Crippen LogP contribution in [0.3, 0.4) is 0 Å². The van der Waals surface area contributed by atoms with Crippen LogP contribution in [0.4, 0.5) is 10.5 Å². The van der Waals surface area contributed by atoms with Gasteiger partial charge in [-0.25, -0.2) is 14.8 Å². The second-order valence-electron chi connectivity index (χ2n) is 4.87. The van der Waals surface area contributed by atoms with Gasteiger partial charge in [0.05, 0.1) is 10.5 Å². The number of aryl methyl sites for hydroxylation is 1. The molecule has 0 radical (unpaired) electrons. The van der Waals surface area contributed by atoms with E-state index in [1.165, 1.54) is 0 Å². The van der Waals surface area contributed by atoms with Crippen LogP contribution in [-0.4, -0.2) is 28.0 Å². The minimum Gasteiger partial charge on any atom is -0.341 e. The van der Waals surface area contributed by atoms with Gasteiger partial charge < -0.3 is 15.6 Å². The molecule has 0 aliphatic rings. The van der Waals surface area contributed by atoms with Gasteiger partial charge in [-0.1, -0.05) is 11.6 Å². The minimum absolute atomic E-state index is 0.296. The van der Waals surface area contributed by atoms with Gasteiger partial charge in [-0.05, 0) is 36.8 Å². The number of imidazole rings is 1. The highest BCUT2D eigenvalue weighted by Crippen LogP contribution is 2.30. The molecule has 2 heterocycles. The number of halogens is 1. The van der Waals surface area contributed by atoms with Crippen molar-refractivity contribution in [3.63, 3.8) is 0 Å². The fourth-order valence-electron chi connectivity index (χ4n) is 2.11. The summed E-state index contributed by atoms with van der Waals surface area (Å²) >= 11 is 6.25. The van der Waals surface area contributed by atoms with Crippen molar-refractivity contribution in [2.75, 3.05) is 12.4 Å². The number of benzene rings is 1. The molecule has 3 aromatic rings. The number of carbonyl (C=O) groups excluding carboxylic acids is 1. The van der Waals surface area contributed by atoms with Gasteiger partial charge in [0.15, 0.2) is 5.65 Å². The fourth-order valence-corrected chi connectivity index (χ4v) is 2.32. The summed E-state index contributed by atoms with van der Waals surface area (Å²) in [7, 11) is 1.55. The molecule has 0 aliphatic carbocycles. The van der Waals surface area contributed by atoms with Crippen LogP contribution < -0.4 is 10.6 Å². The molecule has 2 aromatic heterocycles. The first-order valence-corrected chi connectivity index (χ1v) is 7.05. The Morgan fingerprint density at radius 2 is 2.14 bits per heavy atom. The van der Waals surface area contributed by atoms with Crippen LogP contribution in [-0.2, 0) is 0 Å². The van der Waals surface area contributed by atoms with E-state index in [9.17, 15) is 4.79 Å². The summed E-state index contributed by atoms with van der Waals surface area (Å²) in [6.07, 6.45) is 1.76. The molecule has 7 heteroatoms. The maximum Gasteiger partial charge on any atom is 0.318 e. The predicted molar refractivity (Wildman–Crippen MR) is 87.2 cm³/mol. The molecule has 0 unspecified atom stereocenters. The van der Waals surface area contributed by atoms with Crippen LogP contribution in [0.15, 0.2) is 30.5 Å². The number of pyridine rings is 1. The Kier molecular flexibility index (Phi) is 3.68. The second-order valence-corrected chi connectivity index (χ2v) is 5.28. The summed E-state index contributed by atoms with van der Waals surface area (Å²) < 4.78 is 0. The molecule has 0 aliphatic heterocycles. The van der Waals surface area contributed by atoms with E-state index in [1.807, 2.05) is 13.0 Å². The number of amides is 2. The molecule has 112 valence electrons. The van der Waals surface area contributed by atoms with Crippen molar-refractivity contribution in [2.24, 2.45) is 0 Å². The molecule has 0 saturated carbocycles. The van der Waals surface area contributed by atoms with Crippen LogP contribution in [0, 0.1) is 6.92 Å². The SMILES string of the molecule is CNC(=O)Nc1ccc(Cl)c(-c2nc3ncc(C)cc3[nH]2)c1. The third kappa shape index (κ3) is 2.73. The number of nitrogens with zero attached hydrogens (tertiary/aromatic N) is 2. The van der Waals surface area contributed by atoms with Crippen molar-refractivity contribution in [3.05, 3.63) is 41.0 Å². The quantitative estimate of drug-likeness (QED) is 0.678. The summed E-state index contributed by atoms with van der Waals surface area (Å²) in [5, 5.41) is 5.74. The van der Waals surface area contributed by atoms with Gasteiger partial charge in [-0.3, -0.25) is 0 Å². The largest absolute Gasteiger partial charge is 0.341 e. The zero-order valence-electron chi connectivity index (χ0n) is 12.1. The lowest BCUT2D eigenvalue weighted by atomic mass is 10.2. The molecule has 2 amide bonds. The van der Waals surface area contributed by atoms with E-state index in [0.29, 0.717) is 27.7 Å². The number of carbonyl (C=O) groups is 1.